The second kappa shape index (κ2) is 6.48. The van der Waals surface area contributed by atoms with Crippen LogP contribution < -0.4 is 5.32 Å². The van der Waals surface area contributed by atoms with Gasteiger partial charge in [0, 0.05) is 18.1 Å². The molecule has 0 bridgehead atoms. The third-order valence-electron chi connectivity index (χ3n) is 3.01. The van der Waals surface area contributed by atoms with Gasteiger partial charge in [0.05, 0.1) is 5.75 Å². The van der Waals surface area contributed by atoms with Crippen LogP contribution in [-0.2, 0) is 4.79 Å². The topological polar surface area (TPSA) is 64.7 Å². The molecule has 1 aromatic carbocycles. The third kappa shape index (κ3) is 3.37. The number of nitrogens with zero attached hydrogens (tertiary/aromatic N) is 4. The monoisotopic (exact) mass is 313 g/mol. The lowest BCUT2D eigenvalue weighted by Gasteiger charge is -2.07. The molecule has 3 rings (SSSR count). The summed E-state index contributed by atoms with van der Waals surface area (Å²) in [6.07, 6.45) is 5.39. The number of aromatic nitrogens is 4. The fourth-order valence-corrected chi connectivity index (χ4v) is 2.62. The summed E-state index contributed by atoms with van der Waals surface area (Å²) in [6, 6.07) is 11.5. The highest BCUT2D eigenvalue weighted by atomic mass is 32.2. The molecule has 0 atom stereocenters. The van der Waals surface area contributed by atoms with Gasteiger partial charge in [-0.25, -0.2) is 4.68 Å². The molecule has 0 radical (unpaired) electrons. The molecule has 0 saturated heterocycles. The molecule has 0 aliphatic rings. The van der Waals surface area contributed by atoms with Crippen LogP contribution in [0.25, 0.3) is 0 Å². The van der Waals surface area contributed by atoms with E-state index in [1.54, 1.807) is 11.0 Å². The number of amides is 1. The molecule has 1 amide bonds. The molecular formula is C15H15N5OS. The van der Waals surface area contributed by atoms with Gasteiger partial charge in [-0.3, -0.25) is 9.47 Å². The van der Waals surface area contributed by atoms with Crippen molar-refractivity contribution < 1.29 is 4.79 Å². The van der Waals surface area contributed by atoms with Gasteiger partial charge in [0.2, 0.25) is 11.1 Å². The molecule has 2 aromatic heterocycles. The fraction of sp³-hybridized carbons (Fsp3) is 0.133. The van der Waals surface area contributed by atoms with E-state index < -0.39 is 0 Å². The van der Waals surface area contributed by atoms with Crippen molar-refractivity contribution in [1.82, 2.24) is 19.5 Å². The number of nitrogens with one attached hydrogen (secondary N) is 1. The first-order chi connectivity index (χ1) is 10.7. The van der Waals surface area contributed by atoms with Crippen LogP contribution in [-0.4, -0.2) is 31.2 Å². The van der Waals surface area contributed by atoms with Crippen molar-refractivity contribution in [3.63, 3.8) is 0 Å². The summed E-state index contributed by atoms with van der Waals surface area (Å²) in [6.45, 7) is 2.01. The molecule has 7 heteroatoms. The minimum absolute atomic E-state index is 0.0732. The number of rotatable bonds is 5. The zero-order valence-corrected chi connectivity index (χ0v) is 12.8. The highest BCUT2D eigenvalue weighted by Crippen LogP contribution is 2.16. The van der Waals surface area contributed by atoms with E-state index in [-0.39, 0.29) is 11.7 Å². The number of hydrogen-bond donors (Lipinski definition) is 1. The summed E-state index contributed by atoms with van der Waals surface area (Å²) in [5.74, 6) is 0.198. The zero-order valence-electron chi connectivity index (χ0n) is 12.0. The Morgan fingerprint density at radius 3 is 2.68 bits per heavy atom. The first kappa shape index (κ1) is 14.4. The lowest BCUT2D eigenvalue weighted by atomic mass is 10.2. The SMILES string of the molecule is Cc1ccc(NC(=O)CSc2nncn2-n2cccc2)cc1. The second-order valence-corrected chi connectivity index (χ2v) is 5.67. The molecule has 3 aromatic rings. The maximum atomic E-state index is 12.0. The minimum Gasteiger partial charge on any atom is -0.325 e. The van der Waals surface area contributed by atoms with Gasteiger partial charge in [-0.15, -0.1) is 10.2 Å². The standard InChI is InChI=1S/C15H15N5OS/c1-12-4-6-13(7-5-12)17-14(21)10-22-15-18-16-11-20(15)19-8-2-3-9-19/h2-9,11H,10H2,1H3,(H,17,21). The van der Waals surface area contributed by atoms with Crippen molar-refractivity contribution in [2.24, 2.45) is 0 Å². The Kier molecular flexibility index (Phi) is 4.24. The van der Waals surface area contributed by atoms with E-state index in [2.05, 4.69) is 15.5 Å². The van der Waals surface area contributed by atoms with E-state index in [1.165, 1.54) is 11.8 Å². The number of carbonyl (C=O) groups is 1. The Morgan fingerprint density at radius 1 is 1.23 bits per heavy atom. The molecule has 6 nitrogen and oxygen atoms in total. The van der Waals surface area contributed by atoms with Crippen molar-refractivity contribution in [3.05, 3.63) is 60.7 Å². The predicted molar refractivity (Wildman–Crippen MR) is 85.8 cm³/mol. The quantitative estimate of drug-likeness (QED) is 0.735. The molecule has 0 aliphatic heterocycles. The van der Waals surface area contributed by atoms with Crippen molar-refractivity contribution >= 4 is 23.4 Å². The first-order valence-corrected chi connectivity index (χ1v) is 7.74. The maximum absolute atomic E-state index is 12.0. The highest BCUT2D eigenvalue weighted by Gasteiger charge is 2.09. The lowest BCUT2D eigenvalue weighted by molar-refractivity contribution is -0.113. The van der Waals surface area contributed by atoms with Gasteiger partial charge >= 0.3 is 0 Å². The molecule has 0 unspecified atom stereocenters. The molecule has 0 saturated carbocycles. The van der Waals surface area contributed by atoms with Gasteiger partial charge in [-0.05, 0) is 31.2 Å². The molecule has 0 spiro atoms. The molecule has 2 heterocycles. The maximum Gasteiger partial charge on any atom is 0.234 e. The molecule has 0 fully saturated rings. The van der Waals surface area contributed by atoms with Crippen LogP contribution in [0, 0.1) is 6.92 Å². The molecule has 112 valence electrons. The summed E-state index contributed by atoms with van der Waals surface area (Å²) >= 11 is 1.34. The average Bonchev–Trinajstić information content (AvgIpc) is 3.18. The summed E-state index contributed by atoms with van der Waals surface area (Å²) in [5, 5.41) is 11.5. The van der Waals surface area contributed by atoms with Crippen molar-refractivity contribution in [2.75, 3.05) is 11.1 Å². The van der Waals surface area contributed by atoms with Crippen LogP contribution in [0.5, 0.6) is 0 Å². The van der Waals surface area contributed by atoms with Gasteiger partial charge in [-0.1, -0.05) is 29.5 Å². The van der Waals surface area contributed by atoms with Gasteiger partial charge in [-0.2, -0.15) is 0 Å². The highest BCUT2D eigenvalue weighted by molar-refractivity contribution is 7.99. The Bertz CT molecular complexity index is 749. The Balaban J connectivity index is 1.60. The van der Waals surface area contributed by atoms with E-state index >= 15 is 0 Å². The summed E-state index contributed by atoms with van der Waals surface area (Å²) in [4.78, 5) is 12.0. The second-order valence-electron chi connectivity index (χ2n) is 4.72. The number of carbonyl (C=O) groups excluding carboxylic acids is 1. The number of aryl methyl sites for hydroxylation is 1. The van der Waals surface area contributed by atoms with Crippen molar-refractivity contribution in [2.45, 2.75) is 12.1 Å². The van der Waals surface area contributed by atoms with E-state index in [0.717, 1.165) is 11.3 Å². The number of thioether (sulfide) groups is 1. The molecule has 22 heavy (non-hydrogen) atoms. The van der Waals surface area contributed by atoms with Crippen LogP contribution >= 0.6 is 11.8 Å². The van der Waals surface area contributed by atoms with Gasteiger partial charge in [0.1, 0.15) is 6.33 Å². The summed E-state index contributed by atoms with van der Waals surface area (Å²) in [7, 11) is 0. The van der Waals surface area contributed by atoms with Crippen molar-refractivity contribution in [1.29, 1.82) is 0 Å². The fourth-order valence-electron chi connectivity index (χ4n) is 1.91. The van der Waals surface area contributed by atoms with Crippen LogP contribution in [0.15, 0.2) is 60.3 Å². The Labute approximate surface area is 132 Å². The van der Waals surface area contributed by atoms with Crippen LogP contribution in [0.4, 0.5) is 5.69 Å². The Hall–Kier alpha value is -2.54. The number of hydrogen-bond acceptors (Lipinski definition) is 4. The zero-order chi connectivity index (χ0) is 15.4. The normalized spacial score (nSPS) is 10.6. The van der Waals surface area contributed by atoms with Crippen molar-refractivity contribution in [3.8, 4) is 0 Å². The number of benzene rings is 1. The minimum atomic E-state index is -0.0732. The largest absolute Gasteiger partial charge is 0.325 e. The van der Waals surface area contributed by atoms with E-state index in [4.69, 9.17) is 0 Å². The van der Waals surface area contributed by atoms with Gasteiger partial charge in [0.25, 0.3) is 0 Å². The van der Waals surface area contributed by atoms with Crippen LogP contribution in [0.1, 0.15) is 5.56 Å². The smallest absolute Gasteiger partial charge is 0.234 e. The molecule has 1 N–H and O–H groups in total. The van der Waals surface area contributed by atoms with Gasteiger partial charge < -0.3 is 5.32 Å². The van der Waals surface area contributed by atoms with Crippen LogP contribution in [0.2, 0.25) is 0 Å². The first-order valence-electron chi connectivity index (χ1n) is 6.75. The summed E-state index contributed by atoms with van der Waals surface area (Å²) < 4.78 is 3.63. The predicted octanol–water partition coefficient (Wildman–Crippen LogP) is 2.43. The van der Waals surface area contributed by atoms with E-state index in [9.17, 15) is 4.79 Å². The Morgan fingerprint density at radius 2 is 1.95 bits per heavy atom. The number of anilines is 1. The van der Waals surface area contributed by atoms with E-state index in [1.807, 2.05) is 60.4 Å². The lowest BCUT2D eigenvalue weighted by Crippen LogP contribution is -2.15. The van der Waals surface area contributed by atoms with Gasteiger partial charge in [0.15, 0.2) is 0 Å². The molecular weight excluding hydrogens is 298 g/mol. The third-order valence-corrected chi connectivity index (χ3v) is 3.94. The van der Waals surface area contributed by atoms with E-state index in [0.29, 0.717) is 5.16 Å². The van der Waals surface area contributed by atoms with Crippen LogP contribution in [0.3, 0.4) is 0 Å². The molecule has 0 aliphatic carbocycles. The average molecular weight is 313 g/mol. The summed E-state index contributed by atoms with van der Waals surface area (Å²) in [5.41, 5.74) is 1.95.